The Hall–Kier alpha value is -1.60. The molecule has 0 saturated heterocycles. The Morgan fingerprint density at radius 1 is 1.20 bits per heavy atom. The molecule has 2 heterocycles. The van der Waals surface area contributed by atoms with Crippen LogP contribution in [0, 0.1) is 22.4 Å². The average molecular weight is 373 g/mol. The predicted molar refractivity (Wildman–Crippen MR) is 99.3 cm³/mol. The van der Waals surface area contributed by atoms with Gasteiger partial charge in [-0.1, -0.05) is 23.6 Å². The van der Waals surface area contributed by atoms with E-state index in [9.17, 15) is 4.79 Å². The Balaban J connectivity index is 1.38. The highest BCUT2D eigenvalue weighted by atomic mass is 32.1. The number of anilines is 1. The van der Waals surface area contributed by atoms with Gasteiger partial charge < -0.3 is 4.98 Å². The van der Waals surface area contributed by atoms with Crippen molar-refractivity contribution >= 4 is 34.6 Å². The first-order valence-corrected chi connectivity index (χ1v) is 10.2. The fourth-order valence-electron chi connectivity index (χ4n) is 5.63. The van der Waals surface area contributed by atoms with Gasteiger partial charge in [-0.3, -0.25) is 10.1 Å². The van der Waals surface area contributed by atoms with E-state index in [0.717, 1.165) is 22.8 Å². The standard InChI is InChI=1S/C18H20N4OS2/c23-14(13-2-1-3-19-15(13)24)20-17-22-21-16(25-17)18-7-10-4-11(8-18)6-12(5-10)9-18/h1-3,10-12H,4-9H2,(H,19,24)(H,20,22,23). The summed E-state index contributed by atoms with van der Waals surface area (Å²) in [7, 11) is 0. The van der Waals surface area contributed by atoms with E-state index in [4.69, 9.17) is 12.2 Å². The monoisotopic (exact) mass is 372 g/mol. The van der Waals surface area contributed by atoms with E-state index in [0.29, 0.717) is 15.3 Å². The van der Waals surface area contributed by atoms with Gasteiger partial charge in [0.05, 0.1) is 5.56 Å². The molecule has 0 aromatic carbocycles. The molecule has 0 aliphatic heterocycles. The Morgan fingerprint density at radius 3 is 2.52 bits per heavy atom. The lowest BCUT2D eigenvalue weighted by Crippen LogP contribution is -2.48. The van der Waals surface area contributed by atoms with Crippen LogP contribution in [0.4, 0.5) is 5.13 Å². The Kier molecular flexibility index (Phi) is 3.57. The normalized spacial score (nSPS) is 32.7. The summed E-state index contributed by atoms with van der Waals surface area (Å²) in [6, 6.07) is 3.49. The largest absolute Gasteiger partial charge is 0.352 e. The summed E-state index contributed by atoms with van der Waals surface area (Å²) >= 11 is 6.73. The van der Waals surface area contributed by atoms with E-state index in [1.165, 1.54) is 38.5 Å². The van der Waals surface area contributed by atoms with E-state index >= 15 is 0 Å². The van der Waals surface area contributed by atoms with Crippen molar-refractivity contribution < 1.29 is 4.79 Å². The maximum Gasteiger partial charge on any atom is 0.260 e. The minimum absolute atomic E-state index is 0.221. The van der Waals surface area contributed by atoms with Gasteiger partial charge in [0.15, 0.2) is 0 Å². The Bertz CT molecular complexity index is 852. The van der Waals surface area contributed by atoms with Crippen molar-refractivity contribution in [3.05, 3.63) is 33.5 Å². The van der Waals surface area contributed by atoms with Crippen molar-refractivity contribution in [1.82, 2.24) is 15.2 Å². The molecule has 2 aromatic heterocycles. The van der Waals surface area contributed by atoms with Crippen molar-refractivity contribution in [2.45, 2.75) is 43.9 Å². The van der Waals surface area contributed by atoms with Gasteiger partial charge in [-0.15, -0.1) is 10.2 Å². The third-order valence-corrected chi connectivity index (χ3v) is 7.62. The summed E-state index contributed by atoms with van der Waals surface area (Å²) < 4.78 is 0.436. The second-order valence-electron chi connectivity index (χ2n) is 7.98. The fraction of sp³-hybridized carbons (Fsp3) is 0.556. The SMILES string of the molecule is O=C(Nc1nnc(C23CC4CC(CC(C4)C2)C3)s1)c1ccc[nH]c1=S. The van der Waals surface area contributed by atoms with Gasteiger partial charge in [-0.2, -0.15) is 0 Å². The fourth-order valence-corrected chi connectivity index (χ4v) is 6.81. The van der Waals surface area contributed by atoms with E-state index < -0.39 is 0 Å². The van der Waals surface area contributed by atoms with Crippen LogP contribution in [0.15, 0.2) is 18.3 Å². The van der Waals surface area contributed by atoms with Gasteiger partial charge in [0.1, 0.15) is 9.65 Å². The maximum absolute atomic E-state index is 12.4. The summed E-state index contributed by atoms with van der Waals surface area (Å²) in [5, 5.41) is 13.3. The molecule has 4 aliphatic rings. The lowest BCUT2D eigenvalue weighted by atomic mass is 9.50. The molecule has 4 bridgehead atoms. The summed E-state index contributed by atoms with van der Waals surface area (Å²) in [5.74, 6) is 2.39. The van der Waals surface area contributed by atoms with Crippen molar-refractivity contribution in [1.29, 1.82) is 0 Å². The summed E-state index contributed by atoms with van der Waals surface area (Å²) in [5.41, 5.74) is 0.683. The van der Waals surface area contributed by atoms with E-state index in [1.807, 2.05) is 0 Å². The predicted octanol–water partition coefficient (Wildman–Crippen LogP) is 4.32. The van der Waals surface area contributed by atoms with Crippen LogP contribution in [-0.2, 0) is 5.41 Å². The minimum atomic E-state index is -0.227. The molecular weight excluding hydrogens is 352 g/mol. The number of hydrogen-bond acceptors (Lipinski definition) is 5. The number of aromatic amines is 1. The first-order valence-electron chi connectivity index (χ1n) is 8.94. The van der Waals surface area contributed by atoms with Gasteiger partial charge >= 0.3 is 0 Å². The van der Waals surface area contributed by atoms with E-state index in [-0.39, 0.29) is 11.3 Å². The number of carbonyl (C=O) groups excluding carboxylic acids is 1. The molecule has 5 nitrogen and oxygen atoms in total. The number of nitrogens with one attached hydrogen (secondary N) is 2. The lowest BCUT2D eigenvalue weighted by Gasteiger charge is -2.55. The molecule has 6 rings (SSSR count). The number of H-pyrrole nitrogens is 1. The topological polar surface area (TPSA) is 70.7 Å². The summed E-state index contributed by atoms with van der Waals surface area (Å²) in [4.78, 5) is 15.3. The van der Waals surface area contributed by atoms with Crippen LogP contribution in [0.5, 0.6) is 0 Å². The van der Waals surface area contributed by atoms with Crippen LogP contribution in [0.25, 0.3) is 0 Å². The summed E-state index contributed by atoms with van der Waals surface area (Å²) in [6.07, 6.45) is 9.72. The summed E-state index contributed by atoms with van der Waals surface area (Å²) in [6.45, 7) is 0. The van der Waals surface area contributed by atoms with Gasteiger partial charge in [-0.05, 0) is 68.4 Å². The molecular formula is C18H20N4OS2. The minimum Gasteiger partial charge on any atom is -0.352 e. The average Bonchev–Trinajstić information content (AvgIpc) is 3.03. The van der Waals surface area contributed by atoms with Gasteiger partial charge in [0.25, 0.3) is 5.91 Å². The van der Waals surface area contributed by atoms with Crippen LogP contribution in [0.1, 0.15) is 53.9 Å². The number of hydrogen-bond donors (Lipinski definition) is 2. The highest BCUT2D eigenvalue weighted by Crippen LogP contribution is 2.61. The molecule has 0 spiro atoms. The van der Waals surface area contributed by atoms with E-state index in [1.54, 1.807) is 29.7 Å². The molecule has 4 aliphatic carbocycles. The van der Waals surface area contributed by atoms with Gasteiger partial charge in [-0.25, -0.2) is 0 Å². The number of rotatable bonds is 3. The van der Waals surface area contributed by atoms with Crippen molar-refractivity contribution in [2.24, 2.45) is 17.8 Å². The maximum atomic E-state index is 12.4. The molecule has 0 atom stereocenters. The zero-order chi connectivity index (χ0) is 17.0. The molecule has 25 heavy (non-hydrogen) atoms. The molecule has 4 saturated carbocycles. The zero-order valence-electron chi connectivity index (χ0n) is 13.8. The molecule has 0 unspecified atom stereocenters. The Labute approximate surface area is 155 Å². The van der Waals surface area contributed by atoms with Crippen molar-refractivity contribution in [3.63, 3.8) is 0 Å². The van der Waals surface area contributed by atoms with Crippen molar-refractivity contribution in [2.75, 3.05) is 5.32 Å². The van der Waals surface area contributed by atoms with Crippen molar-refractivity contribution in [3.8, 4) is 0 Å². The number of amides is 1. The molecule has 1 amide bonds. The van der Waals surface area contributed by atoms with Crippen LogP contribution >= 0.6 is 23.6 Å². The smallest absolute Gasteiger partial charge is 0.260 e. The van der Waals surface area contributed by atoms with Crippen LogP contribution in [-0.4, -0.2) is 21.1 Å². The highest BCUT2D eigenvalue weighted by molar-refractivity contribution is 7.71. The number of nitrogens with zero attached hydrogens (tertiary/aromatic N) is 2. The third-order valence-electron chi connectivity index (χ3n) is 6.20. The lowest BCUT2D eigenvalue weighted by molar-refractivity contribution is -0.00555. The second-order valence-corrected chi connectivity index (χ2v) is 9.36. The quantitative estimate of drug-likeness (QED) is 0.788. The molecule has 2 N–H and O–H groups in total. The van der Waals surface area contributed by atoms with Crippen LogP contribution in [0.3, 0.4) is 0 Å². The first kappa shape index (κ1) is 15.6. The molecule has 2 aromatic rings. The van der Waals surface area contributed by atoms with Gasteiger partial charge in [0, 0.05) is 11.6 Å². The number of carbonyl (C=O) groups is 1. The Morgan fingerprint density at radius 2 is 1.88 bits per heavy atom. The molecule has 7 heteroatoms. The number of pyridine rings is 1. The highest BCUT2D eigenvalue weighted by Gasteiger charge is 2.53. The molecule has 4 fully saturated rings. The zero-order valence-corrected chi connectivity index (χ0v) is 15.5. The van der Waals surface area contributed by atoms with Crippen LogP contribution in [0.2, 0.25) is 0 Å². The number of aromatic nitrogens is 3. The third kappa shape index (κ3) is 2.64. The molecule has 0 radical (unpaired) electrons. The first-order chi connectivity index (χ1) is 12.1. The second kappa shape index (κ2) is 5.71. The van der Waals surface area contributed by atoms with E-state index in [2.05, 4.69) is 20.5 Å². The molecule has 130 valence electrons. The van der Waals surface area contributed by atoms with Crippen LogP contribution < -0.4 is 5.32 Å². The van der Waals surface area contributed by atoms with Gasteiger partial charge in [0.2, 0.25) is 5.13 Å².